The van der Waals surface area contributed by atoms with Crippen LogP contribution in [0.25, 0.3) is 11.3 Å². The topological polar surface area (TPSA) is 59.8 Å². The minimum Gasteiger partial charge on any atom is -0.337 e. The Hall–Kier alpha value is -2.17. The number of rotatable bonds is 6. The smallest absolute Gasteiger partial charge is 0.326 e. The summed E-state index contributed by atoms with van der Waals surface area (Å²) in [6, 6.07) is 3.63. The van der Waals surface area contributed by atoms with E-state index in [9.17, 15) is 4.79 Å². The summed E-state index contributed by atoms with van der Waals surface area (Å²) in [5.74, 6) is 0.719. The standard InChI is InChI=1S/C16H22N4O/c1-13(2)6-3-4-9-18-16(21)20-11-15(19-12-20)14-7-5-8-17-10-14/h5,7-8,10-13H,3-4,6,9H2,1-2H3,(H,18,21). The van der Waals surface area contributed by atoms with Crippen LogP contribution in [0.3, 0.4) is 0 Å². The van der Waals surface area contributed by atoms with Crippen molar-refractivity contribution in [2.75, 3.05) is 6.54 Å². The largest absolute Gasteiger partial charge is 0.337 e. The summed E-state index contributed by atoms with van der Waals surface area (Å²) in [5, 5.41) is 2.91. The zero-order valence-corrected chi connectivity index (χ0v) is 12.6. The van der Waals surface area contributed by atoms with Crippen LogP contribution in [-0.2, 0) is 0 Å². The highest BCUT2D eigenvalue weighted by molar-refractivity contribution is 5.77. The van der Waals surface area contributed by atoms with Gasteiger partial charge in [-0.05, 0) is 24.5 Å². The molecule has 0 saturated carbocycles. The fraction of sp³-hybridized carbons (Fsp3) is 0.438. The minimum absolute atomic E-state index is 0.137. The van der Waals surface area contributed by atoms with Gasteiger partial charge in [-0.1, -0.05) is 26.7 Å². The highest BCUT2D eigenvalue weighted by atomic mass is 16.2. The van der Waals surface area contributed by atoms with Crippen LogP contribution in [0.5, 0.6) is 0 Å². The number of unbranched alkanes of at least 4 members (excludes halogenated alkanes) is 1. The molecule has 0 aliphatic carbocycles. The van der Waals surface area contributed by atoms with Crippen molar-refractivity contribution < 1.29 is 4.79 Å². The summed E-state index contributed by atoms with van der Waals surface area (Å²) in [5.41, 5.74) is 1.65. The highest BCUT2D eigenvalue weighted by Crippen LogP contribution is 2.14. The number of hydrogen-bond acceptors (Lipinski definition) is 3. The maximum absolute atomic E-state index is 12.0. The molecule has 0 aromatic carbocycles. The fourth-order valence-electron chi connectivity index (χ4n) is 2.06. The van der Waals surface area contributed by atoms with E-state index in [0.717, 1.165) is 30.0 Å². The van der Waals surface area contributed by atoms with E-state index >= 15 is 0 Å². The Morgan fingerprint density at radius 2 is 2.24 bits per heavy atom. The van der Waals surface area contributed by atoms with Gasteiger partial charge in [0.1, 0.15) is 6.33 Å². The van der Waals surface area contributed by atoms with Gasteiger partial charge in [0.2, 0.25) is 0 Å². The van der Waals surface area contributed by atoms with Crippen LogP contribution >= 0.6 is 0 Å². The lowest BCUT2D eigenvalue weighted by atomic mass is 10.1. The van der Waals surface area contributed by atoms with Gasteiger partial charge in [0.25, 0.3) is 0 Å². The molecule has 5 nitrogen and oxygen atoms in total. The molecular weight excluding hydrogens is 264 g/mol. The number of carbonyl (C=O) groups is 1. The normalized spacial score (nSPS) is 10.8. The second-order valence-electron chi connectivity index (χ2n) is 5.53. The Kier molecular flexibility index (Phi) is 5.49. The fourth-order valence-corrected chi connectivity index (χ4v) is 2.06. The van der Waals surface area contributed by atoms with Crippen LogP contribution in [0.1, 0.15) is 33.1 Å². The molecule has 2 aromatic rings. The molecule has 0 unspecified atom stereocenters. The maximum Gasteiger partial charge on any atom is 0.326 e. The van der Waals surface area contributed by atoms with Crippen molar-refractivity contribution in [3.8, 4) is 11.3 Å². The van der Waals surface area contributed by atoms with Crippen molar-refractivity contribution in [2.24, 2.45) is 5.92 Å². The van der Waals surface area contributed by atoms with E-state index < -0.39 is 0 Å². The molecule has 0 saturated heterocycles. The average Bonchev–Trinajstić information content (AvgIpc) is 2.97. The summed E-state index contributed by atoms with van der Waals surface area (Å²) in [7, 11) is 0. The van der Waals surface area contributed by atoms with Gasteiger partial charge in [-0.25, -0.2) is 9.78 Å². The van der Waals surface area contributed by atoms with E-state index in [1.165, 1.54) is 17.3 Å². The molecule has 0 radical (unpaired) electrons. The Balaban J connectivity index is 1.82. The molecule has 0 aliphatic rings. The molecule has 0 spiro atoms. The van der Waals surface area contributed by atoms with Crippen molar-refractivity contribution in [3.63, 3.8) is 0 Å². The van der Waals surface area contributed by atoms with Crippen LogP contribution in [0, 0.1) is 5.92 Å². The molecule has 2 aromatic heterocycles. The Morgan fingerprint density at radius 1 is 1.38 bits per heavy atom. The van der Waals surface area contributed by atoms with Crippen LogP contribution < -0.4 is 5.32 Å². The van der Waals surface area contributed by atoms with Crippen molar-refractivity contribution >= 4 is 6.03 Å². The van der Waals surface area contributed by atoms with E-state index in [4.69, 9.17) is 0 Å². The van der Waals surface area contributed by atoms with E-state index in [2.05, 4.69) is 29.1 Å². The van der Waals surface area contributed by atoms with Crippen molar-refractivity contribution in [1.82, 2.24) is 19.9 Å². The first-order chi connectivity index (χ1) is 10.2. The van der Waals surface area contributed by atoms with Gasteiger partial charge in [0.15, 0.2) is 0 Å². The lowest BCUT2D eigenvalue weighted by molar-refractivity contribution is 0.242. The number of hydrogen-bond donors (Lipinski definition) is 1. The molecule has 1 N–H and O–H groups in total. The van der Waals surface area contributed by atoms with Gasteiger partial charge in [0.05, 0.1) is 5.69 Å². The zero-order valence-electron chi connectivity index (χ0n) is 12.6. The Labute approximate surface area is 125 Å². The zero-order chi connectivity index (χ0) is 15.1. The number of amides is 1. The van der Waals surface area contributed by atoms with Gasteiger partial charge in [0, 0.05) is 30.7 Å². The highest BCUT2D eigenvalue weighted by Gasteiger charge is 2.07. The lowest BCUT2D eigenvalue weighted by Gasteiger charge is -2.06. The van der Waals surface area contributed by atoms with Gasteiger partial charge < -0.3 is 5.32 Å². The summed E-state index contributed by atoms with van der Waals surface area (Å²) < 4.78 is 1.48. The van der Waals surface area contributed by atoms with Crippen LogP contribution in [0.4, 0.5) is 4.79 Å². The van der Waals surface area contributed by atoms with Crippen molar-refractivity contribution in [3.05, 3.63) is 37.1 Å². The van der Waals surface area contributed by atoms with E-state index in [0.29, 0.717) is 6.54 Å². The first kappa shape index (κ1) is 15.2. The van der Waals surface area contributed by atoms with Crippen LogP contribution in [0.2, 0.25) is 0 Å². The predicted molar refractivity (Wildman–Crippen MR) is 82.9 cm³/mol. The summed E-state index contributed by atoms with van der Waals surface area (Å²) in [4.78, 5) is 20.3. The van der Waals surface area contributed by atoms with Gasteiger partial charge in [-0.15, -0.1) is 0 Å². The number of pyridine rings is 1. The molecule has 21 heavy (non-hydrogen) atoms. The number of imidazole rings is 1. The third-order valence-electron chi connectivity index (χ3n) is 3.26. The quantitative estimate of drug-likeness (QED) is 0.829. The molecule has 0 aliphatic heterocycles. The lowest BCUT2D eigenvalue weighted by Crippen LogP contribution is -2.28. The second kappa shape index (κ2) is 7.57. The molecule has 0 fully saturated rings. The van der Waals surface area contributed by atoms with Crippen molar-refractivity contribution in [2.45, 2.75) is 33.1 Å². The third-order valence-corrected chi connectivity index (χ3v) is 3.26. The first-order valence-corrected chi connectivity index (χ1v) is 7.39. The second-order valence-corrected chi connectivity index (χ2v) is 5.53. The Bertz CT molecular complexity index is 563. The van der Waals surface area contributed by atoms with Crippen molar-refractivity contribution in [1.29, 1.82) is 0 Å². The summed E-state index contributed by atoms with van der Waals surface area (Å²) in [6.07, 6.45) is 10.1. The molecule has 1 amide bonds. The van der Waals surface area contributed by atoms with Gasteiger partial charge >= 0.3 is 6.03 Å². The first-order valence-electron chi connectivity index (χ1n) is 7.39. The number of nitrogens with one attached hydrogen (secondary N) is 1. The molecule has 2 rings (SSSR count). The van der Waals surface area contributed by atoms with E-state index in [1.54, 1.807) is 18.6 Å². The predicted octanol–water partition coefficient (Wildman–Crippen LogP) is 3.33. The summed E-state index contributed by atoms with van der Waals surface area (Å²) >= 11 is 0. The van der Waals surface area contributed by atoms with Crippen LogP contribution in [0.15, 0.2) is 37.1 Å². The molecule has 0 bridgehead atoms. The number of nitrogens with zero attached hydrogens (tertiary/aromatic N) is 3. The van der Waals surface area contributed by atoms with Crippen LogP contribution in [-0.4, -0.2) is 27.1 Å². The monoisotopic (exact) mass is 286 g/mol. The minimum atomic E-state index is -0.137. The van der Waals surface area contributed by atoms with Gasteiger partial charge in [-0.2, -0.15) is 0 Å². The molecule has 5 heteroatoms. The summed E-state index contributed by atoms with van der Waals surface area (Å²) in [6.45, 7) is 5.13. The number of aromatic nitrogens is 3. The molecule has 112 valence electrons. The van der Waals surface area contributed by atoms with E-state index in [1.807, 2.05) is 12.1 Å². The third kappa shape index (κ3) is 4.70. The Morgan fingerprint density at radius 3 is 2.95 bits per heavy atom. The number of carbonyl (C=O) groups excluding carboxylic acids is 1. The molecular formula is C16H22N4O. The average molecular weight is 286 g/mol. The SMILES string of the molecule is CC(C)CCCCNC(=O)n1cnc(-c2cccnc2)c1. The molecule has 0 atom stereocenters. The van der Waals surface area contributed by atoms with Gasteiger partial charge in [-0.3, -0.25) is 9.55 Å². The van der Waals surface area contributed by atoms with E-state index in [-0.39, 0.29) is 6.03 Å². The maximum atomic E-state index is 12.0. The molecule has 2 heterocycles.